The number of benzene rings is 1. The molecule has 0 aliphatic carbocycles. The number of amides is 1. The molecule has 0 radical (unpaired) electrons. The van der Waals surface area contributed by atoms with Crippen molar-refractivity contribution in [2.45, 2.75) is 39.0 Å². The summed E-state index contributed by atoms with van der Waals surface area (Å²) in [4.78, 5) is 27.9. The van der Waals surface area contributed by atoms with Crippen molar-refractivity contribution in [2.75, 3.05) is 13.1 Å². The lowest BCUT2D eigenvalue weighted by molar-refractivity contribution is -0.131. The molecular weight excluding hydrogens is 502 g/mol. The fourth-order valence-electron chi connectivity index (χ4n) is 4.61. The molecular formula is C26H23ClF2N6O2. The molecule has 1 aliphatic heterocycles. The molecule has 0 N–H and O–H groups in total. The van der Waals surface area contributed by atoms with Gasteiger partial charge in [-0.15, -0.1) is 10.2 Å². The van der Waals surface area contributed by atoms with Gasteiger partial charge in [0.25, 0.3) is 11.8 Å². The quantitative estimate of drug-likeness (QED) is 0.359. The van der Waals surface area contributed by atoms with Gasteiger partial charge in [-0.25, -0.2) is 18.7 Å². The maximum absolute atomic E-state index is 14.0. The molecule has 1 fully saturated rings. The van der Waals surface area contributed by atoms with Gasteiger partial charge in [-0.1, -0.05) is 17.7 Å². The van der Waals surface area contributed by atoms with E-state index in [1.165, 1.54) is 6.07 Å². The highest BCUT2D eigenvalue weighted by Crippen LogP contribution is 2.36. The fraction of sp³-hybridized carbons (Fsp3) is 0.308. The summed E-state index contributed by atoms with van der Waals surface area (Å²) in [6.07, 6.45) is 2.47. The zero-order valence-corrected chi connectivity index (χ0v) is 21.0. The van der Waals surface area contributed by atoms with Crippen molar-refractivity contribution in [3.63, 3.8) is 0 Å². The van der Waals surface area contributed by atoms with Gasteiger partial charge in [0.2, 0.25) is 5.91 Å². The van der Waals surface area contributed by atoms with Crippen LogP contribution in [0.1, 0.15) is 41.5 Å². The van der Waals surface area contributed by atoms with Crippen LogP contribution in [0.2, 0.25) is 5.02 Å². The normalized spacial score (nSPS) is 14.2. The fourth-order valence-corrected chi connectivity index (χ4v) is 4.77. The minimum absolute atomic E-state index is 0.00397. The predicted octanol–water partition coefficient (Wildman–Crippen LogP) is 5.09. The van der Waals surface area contributed by atoms with Crippen LogP contribution in [-0.2, 0) is 11.2 Å². The van der Waals surface area contributed by atoms with Gasteiger partial charge in [-0.2, -0.15) is 0 Å². The van der Waals surface area contributed by atoms with E-state index in [2.05, 4.69) is 20.2 Å². The number of aryl methyl sites for hydroxylation is 2. The predicted molar refractivity (Wildman–Crippen MR) is 132 cm³/mol. The Morgan fingerprint density at radius 3 is 2.49 bits per heavy atom. The van der Waals surface area contributed by atoms with E-state index in [4.69, 9.17) is 21.0 Å². The zero-order valence-electron chi connectivity index (χ0n) is 20.2. The number of nitrogens with zero attached hydrogens (tertiary/aromatic N) is 6. The molecule has 0 spiro atoms. The Hall–Kier alpha value is -3.79. The third-order valence-corrected chi connectivity index (χ3v) is 6.67. The van der Waals surface area contributed by atoms with Gasteiger partial charge < -0.3 is 9.32 Å². The Morgan fingerprint density at radius 2 is 1.78 bits per heavy atom. The number of carbonyl (C=O) groups excluding carboxylic acids is 1. The van der Waals surface area contributed by atoms with Crippen LogP contribution in [0.25, 0.3) is 23.0 Å². The molecule has 5 rings (SSSR count). The van der Waals surface area contributed by atoms with Crippen LogP contribution in [0, 0.1) is 25.5 Å². The van der Waals surface area contributed by atoms with E-state index in [1.54, 1.807) is 23.2 Å². The van der Waals surface area contributed by atoms with Crippen LogP contribution in [-0.4, -0.2) is 49.0 Å². The first-order valence-corrected chi connectivity index (χ1v) is 12.2. The third-order valence-electron chi connectivity index (χ3n) is 6.43. The van der Waals surface area contributed by atoms with Gasteiger partial charge >= 0.3 is 0 Å². The molecule has 8 nitrogen and oxygen atoms in total. The van der Waals surface area contributed by atoms with Gasteiger partial charge in [0.15, 0.2) is 0 Å². The minimum Gasteiger partial charge on any atom is -0.414 e. The topological polar surface area (TPSA) is 97.9 Å². The van der Waals surface area contributed by atoms with Crippen LogP contribution in [0.15, 0.2) is 40.9 Å². The number of piperidine rings is 1. The number of hydrogen-bond acceptors (Lipinski definition) is 7. The van der Waals surface area contributed by atoms with Crippen molar-refractivity contribution >= 4 is 17.5 Å². The molecule has 3 aromatic heterocycles. The van der Waals surface area contributed by atoms with Crippen LogP contribution in [0.5, 0.6) is 0 Å². The zero-order chi connectivity index (χ0) is 26.1. The lowest BCUT2D eigenvalue weighted by Gasteiger charge is -2.32. The second-order valence-electron chi connectivity index (χ2n) is 8.92. The maximum Gasteiger partial charge on any atom is 0.266 e. The first kappa shape index (κ1) is 24.9. The number of hydrogen-bond donors (Lipinski definition) is 0. The number of pyridine rings is 1. The monoisotopic (exact) mass is 524 g/mol. The summed E-state index contributed by atoms with van der Waals surface area (Å²) >= 11 is 6.07. The minimum atomic E-state index is -0.716. The third kappa shape index (κ3) is 5.20. The summed E-state index contributed by atoms with van der Waals surface area (Å²) in [7, 11) is 0. The standard InChI is InChI=1S/C26H23ClF2N6O2/c1-14-23(26-34-33-25(37-26)21-12-17(27)6-9-30-21)24(32-15(2)31-14)16-7-10-35(11-8-16)22(36)13-18-19(28)4-3-5-20(18)29/h3-6,9,12,16H,7-8,10-11,13H2,1-2H3. The molecule has 1 saturated heterocycles. The highest BCUT2D eigenvalue weighted by atomic mass is 35.5. The van der Waals surface area contributed by atoms with Crippen LogP contribution < -0.4 is 0 Å². The number of aromatic nitrogens is 5. The first-order chi connectivity index (χ1) is 17.8. The Balaban J connectivity index is 1.36. The van der Waals surface area contributed by atoms with Crippen molar-refractivity contribution < 1.29 is 18.0 Å². The van der Waals surface area contributed by atoms with Crippen LogP contribution >= 0.6 is 11.6 Å². The summed E-state index contributed by atoms with van der Waals surface area (Å²) in [5.41, 5.74) is 2.37. The molecule has 37 heavy (non-hydrogen) atoms. The summed E-state index contributed by atoms with van der Waals surface area (Å²) in [6, 6.07) is 6.89. The number of likely N-dealkylation sites (tertiary alicyclic amines) is 1. The van der Waals surface area contributed by atoms with E-state index in [0.717, 1.165) is 17.8 Å². The molecule has 11 heteroatoms. The van der Waals surface area contributed by atoms with Crippen LogP contribution in [0.4, 0.5) is 8.78 Å². The van der Waals surface area contributed by atoms with Crippen molar-refractivity contribution in [2.24, 2.45) is 0 Å². The highest BCUT2D eigenvalue weighted by molar-refractivity contribution is 6.30. The second-order valence-corrected chi connectivity index (χ2v) is 9.36. The van der Waals surface area contributed by atoms with Gasteiger partial charge in [-0.3, -0.25) is 9.78 Å². The van der Waals surface area contributed by atoms with Crippen molar-refractivity contribution in [1.29, 1.82) is 0 Å². The second kappa shape index (κ2) is 10.3. The van der Waals surface area contributed by atoms with E-state index < -0.39 is 11.6 Å². The highest BCUT2D eigenvalue weighted by Gasteiger charge is 2.30. The van der Waals surface area contributed by atoms with E-state index in [9.17, 15) is 13.6 Å². The van der Waals surface area contributed by atoms with E-state index >= 15 is 0 Å². The van der Waals surface area contributed by atoms with Gasteiger partial charge in [0.05, 0.1) is 23.4 Å². The van der Waals surface area contributed by atoms with Gasteiger partial charge in [-0.05, 0) is 51.0 Å². The first-order valence-electron chi connectivity index (χ1n) is 11.8. The summed E-state index contributed by atoms with van der Waals surface area (Å²) in [5.74, 6) is -0.626. The average Bonchev–Trinajstić information content (AvgIpc) is 3.36. The average molecular weight is 525 g/mol. The SMILES string of the molecule is Cc1nc(C)c(-c2nnc(-c3cc(Cl)ccn3)o2)c(C2CCN(C(=O)Cc3c(F)cccc3F)CC2)n1. The molecule has 1 aliphatic rings. The summed E-state index contributed by atoms with van der Waals surface area (Å²) < 4.78 is 34.0. The van der Waals surface area contributed by atoms with Crippen molar-refractivity contribution in [3.05, 3.63) is 76.0 Å². The van der Waals surface area contributed by atoms with Crippen molar-refractivity contribution in [3.8, 4) is 23.0 Å². The van der Waals surface area contributed by atoms with Crippen molar-refractivity contribution in [1.82, 2.24) is 30.0 Å². The molecule has 4 heterocycles. The molecule has 1 aromatic carbocycles. The molecule has 4 aromatic rings. The Bertz CT molecular complexity index is 1450. The van der Waals surface area contributed by atoms with Gasteiger partial charge in [0, 0.05) is 35.8 Å². The maximum atomic E-state index is 14.0. The largest absolute Gasteiger partial charge is 0.414 e. The molecule has 0 atom stereocenters. The van der Waals surface area contributed by atoms with Gasteiger partial charge in [0.1, 0.15) is 23.2 Å². The molecule has 0 unspecified atom stereocenters. The smallest absolute Gasteiger partial charge is 0.266 e. The summed E-state index contributed by atoms with van der Waals surface area (Å²) in [5, 5.41) is 8.86. The number of carbonyl (C=O) groups is 1. The Morgan fingerprint density at radius 1 is 1.08 bits per heavy atom. The van der Waals surface area contributed by atoms with E-state index in [-0.39, 0.29) is 35.6 Å². The lowest BCUT2D eigenvalue weighted by atomic mass is 9.89. The number of halogens is 3. The Labute approximate surface area is 216 Å². The molecule has 0 bridgehead atoms. The summed E-state index contributed by atoms with van der Waals surface area (Å²) in [6.45, 7) is 4.54. The molecule has 0 saturated carbocycles. The Kier molecular flexibility index (Phi) is 6.92. The van der Waals surface area contributed by atoms with Crippen LogP contribution in [0.3, 0.4) is 0 Å². The van der Waals surface area contributed by atoms with E-state index in [1.807, 2.05) is 13.8 Å². The molecule has 190 valence electrons. The number of rotatable bonds is 5. The molecule has 1 amide bonds. The lowest BCUT2D eigenvalue weighted by Crippen LogP contribution is -2.39. The van der Waals surface area contributed by atoms with E-state index in [0.29, 0.717) is 53.7 Å².